The SMILES string of the molecule is C=C(NCCN(CC1=NNC(=C)C2=CCCC=C21)CC1=NNC(=C)c2ccccc21)OCC(/C=C\C)=C/C. The third-order valence-corrected chi connectivity index (χ3v) is 6.67. The van der Waals surface area contributed by atoms with Crippen LogP contribution < -0.4 is 16.2 Å². The molecule has 1 aromatic rings. The largest absolute Gasteiger partial charge is 0.475 e. The van der Waals surface area contributed by atoms with E-state index in [2.05, 4.69) is 75.3 Å². The van der Waals surface area contributed by atoms with Gasteiger partial charge in [-0.2, -0.15) is 10.2 Å². The fourth-order valence-corrected chi connectivity index (χ4v) is 4.64. The quantitative estimate of drug-likeness (QED) is 0.273. The number of rotatable bonds is 12. The average Bonchev–Trinajstić information content (AvgIpc) is 2.94. The highest BCUT2D eigenvalue weighted by molar-refractivity contribution is 6.09. The predicted octanol–water partition coefficient (Wildman–Crippen LogP) is 4.99. The normalized spacial score (nSPS) is 17.0. The van der Waals surface area contributed by atoms with Crippen LogP contribution in [0.5, 0.6) is 0 Å². The minimum Gasteiger partial charge on any atom is -0.475 e. The molecule has 38 heavy (non-hydrogen) atoms. The number of allylic oxidation sites excluding steroid dienone is 5. The molecule has 0 bridgehead atoms. The summed E-state index contributed by atoms with van der Waals surface area (Å²) < 4.78 is 5.82. The van der Waals surface area contributed by atoms with Gasteiger partial charge in [0.25, 0.3) is 0 Å². The van der Waals surface area contributed by atoms with Crippen LogP contribution in [0.25, 0.3) is 5.70 Å². The maximum atomic E-state index is 5.82. The first-order chi connectivity index (χ1) is 18.5. The average molecular weight is 511 g/mol. The van der Waals surface area contributed by atoms with Crippen LogP contribution in [0.1, 0.15) is 37.8 Å². The molecule has 0 saturated carbocycles. The first-order valence-corrected chi connectivity index (χ1v) is 13.1. The van der Waals surface area contributed by atoms with E-state index in [0.717, 1.165) is 64.5 Å². The van der Waals surface area contributed by atoms with Crippen molar-refractivity contribution in [3.63, 3.8) is 0 Å². The van der Waals surface area contributed by atoms with E-state index >= 15 is 0 Å². The number of fused-ring (bicyclic) bond motifs is 2. The Hall–Kier alpha value is -4.10. The van der Waals surface area contributed by atoms with E-state index in [-0.39, 0.29) is 0 Å². The zero-order chi connectivity index (χ0) is 26.9. The van der Waals surface area contributed by atoms with E-state index in [1.54, 1.807) is 0 Å². The molecule has 7 nitrogen and oxygen atoms in total. The molecule has 0 fully saturated rings. The Morgan fingerprint density at radius 1 is 1.00 bits per heavy atom. The predicted molar refractivity (Wildman–Crippen MR) is 158 cm³/mol. The van der Waals surface area contributed by atoms with Gasteiger partial charge in [0.1, 0.15) is 6.61 Å². The summed E-state index contributed by atoms with van der Waals surface area (Å²) in [5, 5.41) is 12.6. The molecule has 1 aliphatic carbocycles. The number of nitrogens with one attached hydrogen (secondary N) is 3. The van der Waals surface area contributed by atoms with Crippen LogP contribution in [-0.4, -0.2) is 49.1 Å². The summed E-state index contributed by atoms with van der Waals surface area (Å²) in [5.41, 5.74) is 15.5. The molecule has 0 radical (unpaired) electrons. The van der Waals surface area contributed by atoms with Gasteiger partial charge in [-0.15, -0.1) is 0 Å². The summed E-state index contributed by atoms with van der Waals surface area (Å²) in [6, 6.07) is 8.24. The van der Waals surface area contributed by atoms with Crippen molar-refractivity contribution < 1.29 is 4.74 Å². The van der Waals surface area contributed by atoms with E-state index in [9.17, 15) is 0 Å². The molecule has 198 valence electrons. The van der Waals surface area contributed by atoms with Gasteiger partial charge in [-0.05, 0) is 38.8 Å². The molecule has 0 spiro atoms. The third kappa shape index (κ3) is 6.61. The van der Waals surface area contributed by atoms with Crippen LogP contribution in [0.3, 0.4) is 0 Å². The zero-order valence-corrected chi connectivity index (χ0v) is 22.5. The molecule has 2 heterocycles. The molecular weight excluding hydrogens is 472 g/mol. The maximum absolute atomic E-state index is 5.82. The lowest BCUT2D eigenvalue weighted by molar-refractivity contribution is 0.215. The molecule has 0 amide bonds. The second kappa shape index (κ2) is 12.9. The van der Waals surface area contributed by atoms with Gasteiger partial charge < -0.3 is 10.1 Å². The number of benzene rings is 1. The van der Waals surface area contributed by atoms with Crippen molar-refractivity contribution in [2.24, 2.45) is 10.2 Å². The fraction of sp³-hybridized carbons (Fsp3) is 0.290. The Bertz CT molecular complexity index is 1280. The molecule has 3 aliphatic rings. The van der Waals surface area contributed by atoms with E-state index in [0.29, 0.717) is 32.1 Å². The minimum absolute atomic E-state index is 0.481. The van der Waals surface area contributed by atoms with E-state index in [1.807, 2.05) is 44.2 Å². The van der Waals surface area contributed by atoms with Crippen molar-refractivity contribution in [1.29, 1.82) is 0 Å². The Morgan fingerprint density at radius 2 is 1.68 bits per heavy atom. The van der Waals surface area contributed by atoms with E-state index < -0.39 is 0 Å². The summed E-state index contributed by atoms with van der Waals surface area (Å²) in [7, 11) is 0. The van der Waals surface area contributed by atoms with Crippen molar-refractivity contribution in [1.82, 2.24) is 21.1 Å². The van der Waals surface area contributed by atoms with Gasteiger partial charge in [-0.25, -0.2) is 0 Å². The first kappa shape index (κ1) is 26.9. The highest BCUT2D eigenvalue weighted by Crippen LogP contribution is 2.28. The minimum atomic E-state index is 0.481. The Labute approximate surface area is 226 Å². The fourth-order valence-electron chi connectivity index (χ4n) is 4.64. The van der Waals surface area contributed by atoms with Crippen molar-refractivity contribution in [2.45, 2.75) is 26.7 Å². The monoisotopic (exact) mass is 510 g/mol. The van der Waals surface area contributed by atoms with Crippen LogP contribution in [-0.2, 0) is 4.74 Å². The topological polar surface area (TPSA) is 73.3 Å². The van der Waals surface area contributed by atoms with Crippen molar-refractivity contribution in [3.8, 4) is 0 Å². The molecule has 3 N–H and O–H groups in total. The van der Waals surface area contributed by atoms with E-state index in [4.69, 9.17) is 4.74 Å². The summed E-state index contributed by atoms with van der Waals surface area (Å²) in [6.07, 6.45) is 12.6. The van der Waals surface area contributed by atoms with Crippen LogP contribution in [0.4, 0.5) is 0 Å². The number of hydrogen-bond acceptors (Lipinski definition) is 7. The lowest BCUT2D eigenvalue weighted by atomic mass is 9.91. The molecule has 2 aliphatic heterocycles. The molecule has 0 unspecified atom stereocenters. The molecule has 0 atom stereocenters. The lowest BCUT2D eigenvalue weighted by Gasteiger charge is -2.30. The number of nitrogens with zero attached hydrogens (tertiary/aromatic N) is 3. The lowest BCUT2D eigenvalue weighted by Crippen LogP contribution is -2.42. The van der Waals surface area contributed by atoms with Gasteiger partial charge >= 0.3 is 0 Å². The van der Waals surface area contributed by atoms with Crippen LogP contribution in [0, 0.1) is 0 Å². The van der Waals surface area contributed by atoms with Crippen LogP contribution in [0.2, 0.25) is 0 Å². The summed E-state index contributed by atoms with van der Waals surface area (Å²) in [5.74, 6) is 0.556. The second-order valence-electron chi connectivity index (χ2n) is 9.37. The van der Waals surface area contributed by atoms with E-state index in [1.165, 1.54) is 5.57 Å². The highest BCUT2D eigenvalue weighted by Gasteiger charge is 2.25. The summed E-state index contributed by atoms with van der Waals surface area (Å²) in [4.78, 5) is 2.34. The van der Waals surface area contributed by atoms with Gasteiger partial charge in [0, 0.05) is 48.5 Å². The first-order valence-electron chi connectivity index (χ1n) is 13.1. The van der Waals surface area contributed by atoms with Crippen LogP contribution >= 0.6 is 0 Å². The number of hydrogen-bond donors (Lipinski definition) is 3. The molecule has 0 aromatic heterocycles. The number of hydrazone groups is 2. The Balaban J connectivity index is 1.46. The van der Waals surface area contributed by atoms with Crippen molar-refractivity contribution in [2.75, 3.05) is 32.8 Å². The van der Waals surface area contributed by atoms with Gasteiger partial charge in [0.2, 0.25) is 0 Å². The summed E-state index contributed by atoms with van der Waals surface area (Å²) in [6.45, 7) is 19.5. The zero-order valence-electron chi connectivity index (χ0n) is 22.5. The smallest absolute Gasteiger partial charge is 0.179 e. The van der Waals surface area contributed by atoms with Crippen LogP contribution in [0.15, 0.2) is 113 Å². The Morgan fingerprint density at radius 3 is 2.45 bits per heavy atom. The highest BCUT2D eigenvalue weighted by atomic mass is 16.5. The van der Waals surface area contributed by atoms with Crippen molar-refractivity contribution >= 4 is 17.1 Å². The maximum Gasteiger partial charge on any atom is 0.179 e. The number of ether oxygens (including phenoxy) is 1. The second-order valence-corrected chi connectivity index (χ2v) is 9.37. The third-order valence-electron chi connectivity index (χ3n) is 6.67. The standard InChI is InChI=1S/C31H38N6O/c1-6-12-25(7-2)21-38-24(5)32-17-18-37(19-30-28-15-10-8-13-26(28)22(3)33-35-30)20-31-29-16-11-9-14-27(29)23(4)34-36-31/h6-8,10,12-16,32-34H,3-5,9,11,17-21H2,1-2H3/b12-6-,25-7+. The van der Waals surface area contributed by atoms with Gasteiger partial charge in [0.15, 0.2) is 5.88 Å². The molecule has 0 saturated heterocycles. The van der Waals surface area contributed by atoms with Gasteiger partial charge in [0.05, 0.1) is 22.8 Å². The Kier molecular flexibility index (Phi) is 9.16. The molecule has 1 aromatic carbocycles. The van der Waals surface area contributed by atoms with Crippen molar-refractivity contribution in [3.05, 3.63) is 114 Å². The molecular formula is C31H38N6O. The van der Waals surface area contributed by atoms with Gasteiger partial charge in [-0.3, -0.25) is 15.8 Å². The van der Waals surface area contributed by atoms with Gasteiger partial charge in [-0.1, -0.05) is 67.8 Å². The summed E-state index contributed by atoms with van der Waals surface area (Å²) >= 11 is 0. The molecule has 7 heteroatoms. The molecule has 4 rings (SSSR count).